The molecule has 0 heterocycles. The van der Waals surface area contributed by atoms with E-state index in [-0.39, 0.29) is 11.8 Å². The molecule has 5 heteroatoms. The predicted octanol–water partition coefficient (Wildman–Crippen LogP) is 1.74. The van der Waals surface area contributed by atoms with E-state index in [0.717, 1.165) is 0 Å². The maximum Gasteiger partial charge on any atom is 0.326 e. The maximum absolute atomic E-state index is 11.4. The largest absolute Gasteiger partial charge is 0.480 e. The number of hydrogen-bond acceptors (Lipinski definition) is 3. The van der Waals surface area contributed by atoms with Gasteiger partial charge in [0, 0.05) is 0 Å². The Kier molecular flexibility index (Phi) is 7.21. The van der Waals surface area contributed by atoms with E-state index in [0.29, 0.717) is 17.4 Å². The molecule has 0 fully saturated rings. The Morgan fingerprint density at radius 3 is 2.19 bits per heavy atom. The van der Waals surface area contributed by atoms with Crippen LogP contribution in [0, 0.1) is 5.92 Å². The molecule has 0 radical (unpaired) electrons. The fourth-order valence-electron chi connectivity index (χ4n) is 1.17. The number of hydrogen-bond donors (Lipinski definition) is 2. The first-order valence-corrected chi connectivity index (χ1v) is 6.51. The highest BCUT2D eigenvalue weighted by Crippen LogP contribution is 2.09. The molecule has 0 spiro atoms. The molecule has 0 rings (SSSR count). The van der Waals surface area contributed by atoms with E-state index in [1.807, 2.05) is 27.7 Å². The Balaban J connectivity index is 4.08. The van der Waals surface area contributed by atoms with Crippen LogP contribution in [0.25, 0.3) is 0 Å². The molecule has 2 N–H and O–H groups in total. The summed E-state index contributed by atoms with van der Waals surface area (Å²) >= 11 is 1.51. The number of carbonyl (C=O) groups excluding carboxylic acids is 1. The van der Waals surface area contributed by atoms with Gasteiger partial charge in [0.1, 0.15) is 6.04 Å². The molecular formula is C11H21NO3S. The van der Waals surface area contributed by atoms with Crippen molar-refractivity contribution in [1.29, 1.82) is 0 Å². The van der Waals surface area contributed by atoms with Gasteiger partial charge >= 0.3 is 5.97 Å². The molecule has 0 aliphatic rings. The van der Waals surface area contributed by atoms with Gasteiger partial charge in [0.2, 0.25) is 5.91 Å². The molecule has 0 aliphatic carbocycles. The zero-order chi connectivity index (χ0) is 12.7. The molecule has 94 valence electrons. The van der Waals surface area contributed by atoms with Crippen molar-refractivity contribution in [3.05, 3.63) is 0 Å². The Morgan fingerprint density at radius 2 is 1.81 bits per heavy atom. The molecule has 0 unspecified atom stereocenters. The summed E-state index contributed by atoms with van der Waals surface area (Å²) in [5.41, 5.74) is 0. The molecule has 0 aliphatic heterocycles. The topological polar surface area (TPSA) is 66.4 Å². The Morgan fingerprint density at radius 1 is 1.25 bits per heavy atom. The molecule has 4 nitrogen and oxygen atoms in total. The van der Waals surface area contributed by atoms with Crippen LogP contribution in [0.5, 0.6) is 0 Å². The van der Waals surface area contributed by atoms with Crippen LogP contribution in [-0.4, -0.2) is 34.0 Å². The van der Waals surface area contributed by atoms with Crippen molar-refractivity contribution in [2.24, 2.45) is 5.92 Å². The lowest BCUT2D eigenvalue weighted by Crippen LogP contribution is -2.42. The first-order chi connectivity index (χ1) is 7.32. The molecular weight excluding hydrogens is 226 g/mol. The van der Waals surface area contributed by atoms with Crippen molar-refractivity contribution in [3.8, 4) is 0 Å². The molecule has 0 saturated carbocycles. The van der Waals surface area contributed by atoms with Gasteiger partial charge in [-0.25, -0.2) is 4.79 Å². The van der Waals surface area contributed by atoms with Crippen LogP contribution in [0.4, 0.5) is 0 Å². The highest BCUT2D eigenvalue weighted by atomic mass is 32.2. The standard InChI is InChI=1S/C11H21NO3S/c1-7(2)5-9(11(14)15)12-10(13)6-16-8(3)4/h7-9H,5-6H2,1-4H3,(H,12,13)(H,14,15)/t9-/m1/s1. The van der Waals surface area contributed by atoms with E-state index in [4.69, 9.17) is 5.11 Å². The lowest BCUT2D eigenvalue weighted by atomic mass is 10.0. The van der Waals surface area contributed by atoms with Crippen LogP contribution in [0.15, 0.2) is 0 Å². The van der Waals surface area contributed by atoms with E-state index in [9.17, 15) is 9.59 Å². The van der Waals surface area contributed by atoms with Crippen LogP contribution in [0.1, 0.15) is 34.1 Å². The van der Waals surface area contributed by atoms with E-state index >= 15 is 0 Å². The van der Waals surface area contributed by atoms with Gasteiger partial charge in [-0.3, -0.25) is 4.79 Å². The van der Waals surface area contributed by atoms with Crippen molar-refractivity contribution >= 4 is 23.6 Å². The monoisotopic (exact) mass is 247 g/mol. The first kappa shape index (κ1) is 15.3. The third-order valence-electron chi connectivity index (χ3n) is 1.89. The van der Waals surface area contributed by atoms with Crippen molar-refractivity contribution in [1.82, 2.24) is 5.32 Å². The molecule has 1 atom stereocenters. The molecule has 0 aromatic rings. The van der Waals surface area contributed by atoms with Gasteiger partial charge in [0.05, 0.1) is 5.75 Å². The summed E-state index contributed by atoms with van der Waals surface area (Å²) in [6.45, 7) is 7.87. The maximum atomic E-state index is 11.4. The van der Waals surface area contributed by atoms with Gasteiger partial charge in [0.15, 0.2) is 0 Å². The number of amides is 1. The van der Waals surface area contributed by atoms with Gasteiger partial charge < -0.3 is 10.4 Å². The summed E-state index contributed by atoms with van der Waals surface area (Å²) in [6.07, 6.45) is 0.466. The van der Waals surface area contributed by atoms with Crippen LogP contribution >= 0.6 is 11.8 Å². The molecule has 1 amide bonds. The average molecular weight is 247 g/mol. The summed E-state index contributed by atoms with van der Waals surface area (Å²) in [6, 6.07) is -0.764. The van der Waals surface area contributed by atoms with Gasteiger partial charge in [0.25, 0.3) is 0 Å². The van der Waals surface area contributed by atoms with Crippen molar-refractivity contribution < 1.29 is 14.7 Å². The number of rotatable bonds is 7. The number of carboxylic acids is 1. The quantitative estimate of drug-likeness (QED) is 0.719. The molecule has 0 saturated heterocycles. The fourth-order valence-corrected chi connectivity index (χ4v) is 1.74. The van der Waals surface area contributed by atoms with Crippen molar-refractivity contribution in [2.45, 2.75) is 45.4 Å². The highest BCUT2D eigenvalue weighted by Gasteiger charge is 2.20. The third kappa shape index (κ3) is 7.56. The second-order valence-electron chi connectivity index (χ2n) is 4.45. The average Bonchev–Trinajstić information content (AvgIpc) is 2.12. The Hall–Kier alpha value is -0.710. The summed E-state index contributed by atoms with van der Waals surface area (Å²) in [7, 11) is 0. The third-order valence-corrected chi connectivity index (χ3v) is 2.98. The van der Waals surface area contributed by atoms with E-state index in [1.165, 1.54) is 11.8 Å². The number of carboxylic acid groups (broad SMARTS) is 1. The fraction of sp³-hybridized carbons (Fsp3) is 0.818. The number of thioether (sulfide) groups is 1. The van der Waals surface area contributed by atoms with Gasteiger partial charge in [-0.2, -0.15) is 0 Å². The SMILES string of the molecule is CC(C)C[C@@H](NC(=O)CSC(C)C)C(=O)O. The second-order valence-corrected chi connectivity index (χ2v) is 6.01. The van der Waals surface area contributed by atoms with Crippen molar-refractivity contribution in [2.75, 3.05) is 5.75 Å². The number of carbonyl (C=O) groups is 2. The van der Waals surface area contributed by atoms with E-state index < -0.39 is 12.0 Å². The zero-order valence-corrected chi connectivity index (χ0v) is 11.1. The number of nitrogens with one attached hydrogen (secondary N) is 1. The highest BCUT2D eigenvalue weighted by molar-refractivity contribution is 8.00. The predicted molar refractivity (Wildman–Crippen MR) is 66.6 cm³/mol. The van der Waals surface area contributed by atoms with E-state index in [1.54, 1.807) is 0 Å². The Bertz CT molecular complexity index is 241. The lowest BCUT2D eigenvalue weighted by Gasteiger charge is -2.16. The summed E-state index contributed by atoms with van der Waals surface area (Å²) in [5.74, 6) is -0.595. The smallest absolute Gasteiger partial charge is 0.326 e. The van der Waals surface area contributed by atoms with Gasteiger partial charge in [-0.15, -0.1) is 11.8 Å². The lowest BCUT2D eigenvalue weighted by molar-refractivity contribution is -0.141. The Labute approximate surface area is 101 Å². The summed E-state index contributed by atoms with van der Waals surface area (Å²) < 4.78 is 0. The molecule has 0 aromatic heterocycles. The van der Waals surface area contributed by atoms with Crippen molar-refractivity contribution in [3.63, 3.8) is 0 Å². The molecule has 0 aromatic carbocycles. The van der Waals surface area contributed by atoms with Crippen LogP contribution in [-0.2, 0) is 9.59 Å². The summed E-state index contributed by atoms with van der Waals surface area (Å²) in [4.78, 5) is 22.3. The van der Waals surface area contributed by atoms with Crippen LogP contribution in [0.2, 0.25) is 0 Å². The molecule has 16 heavy (non-hydrogen) atoms. The summed E-state index contributed by atoms with van der Waals surface area (Å²) in [5, 5.41) is 11.8. The van der Waals surface area contributed by atoms with Gasteiger partial charge in [-0.1, -0.05) is 27.7 Å². The van der Waals surface area contributed by atoms with Gasteiger partial charge in [-0.05, 0) is 17.6 Å². The zero-order valence-electron chi connectivity index (χ0n) is 10.3. The first-order valence-electron chi connectivity index (χ1n) is 5.46. The minimum absolute atomic E-state index is 0.202. The second kappa shape index (κ2) is 7.54. The normalized spacial score (nSPS) is 12.9. The minimum Gasteiger partial charge on any atom is -0.480 e. The number of aliphatic carboxylic acids is 1. The van der Waals surface area contributed by atoms with Crippen LogP contribution < -0.4 is 5.32 Å². The van der Waals surface area contributed by atoms with E-state index in [2.05, 4.69) is 5.32 Å². The minimum atomic E-state index is -0.961. The van der Waals surface area contributed by atoms with Crippen LogP contribution in [0.3, 0.4) is 0 Å². The molecule has 0 bridgehead atoms.